The summed E-state index contributed by atoms with van der Waals surface area (Å²) in [5.74, 6) is -0.00449. The number of benzene rings is 1. The zero-order valence-corrected chi connectivity index (χ0v) is 10.7. The van der Waals surface area contributed by atoms with E-state index < -0.39 is 12.6 Å². The molecular formula is C15H10O6. The standard InChI is InChI=1S/C15H10O6/c16-11-7-14(13-2-1-5-19-13)21-12-4-3-9(6-10(11)12)20-8-15(17)18/h1-7H,8H2,(H,17,18). The van der Waals surface area contributed by atoms with Crippen LogP contribution in [-0.4, -0.2) is 17.7 Å². The van der Waals surface area contributed by atoms with Gasteiger partial charge in [0.05, 0.1) is 11.6 Å². The van der Waals surface area contributed by atoms with Crippen molar-refractivity contribution in [2.45, 2.75) is 0 Å². The number of ether oxygens (including phenoxy) is 1. The van der Waals surface area contributed by atoms with Gasteiger partial charge in [0, 0.05) is 6.07 Å². The number of furan rings is 1. The van der Waals surface area contributed by atoms with Crippen LogP contribution in [0.25, 0.3) is 22.5 Å². The molecule has 6 nitrogen and oxygen atoms in total. The average molecular weight is 286 g/mol. The minimum absolute atomic E-state index is 0.261. The molecule has 0 fully saturated rings. The fourth-order valence-corrected chi connectivity index (χ4v) is 1.91. The fourth-order valence-electron chi connectivity index (χ4n) is 1.91. The van der Waals surface area contributed by atoms with Crippen molar-refractivity contribution in [3.8, 4) is 17.3 Å². The van der Waals surface area contributed by atoms with Crippen LogP contribution >= 0.6 is 0 Å². The molecule has 0 amide bonds. The normalized spacial score (nSPS) is 10.7. The molecule has 0 saturated heterocycles. The first-order valence-electron chi connectivity index (χ1n) is 6.10. The molecule has 0 atom stereocenters. The van der Waals surface area contributed by atoms with Crippen LogP contribution in [0, 0.1) is 0 Å². The Bertz CT molecular complexity index is 844. The Morgan fingerprint density at radius 1 is 1.19 bits per heavy atom. The maximum Gasteiger partial charge on any atom is 0.341 e. The van der Waals surface area contributed by atoms with Crippen molar-refractivity contribution in [2.75, 3.05) is 6.61 Å². The number of aliphatic carboxylic acids is 1. The summed E-state index contributed by atoms with van der Waals surface area (Å²) in [6.45, 7) is -0.471. The van der Waals surface area contributed by atoms with E-state index in [0.29, 0.717) is 28.2 Å². The first-order chi connectivity index (χ1) is 10.1. The molecule has 1 aromatic carbocycles. The number of rotatable bonds is 4. The van der Waals surface area contributed by atoms with Gasteiger partial charge in [-0.05, 0) is 30.3 Å². The summed E-state index contributed by atoms with van der Waals surface area (Å²) < 4.78 is 15.8. The highest BCUT2D eigenvalue weighted by Crippen LogP contribution is 2.24. The van der Waals surface area contributed by atoms with Crippen molar-refractivity contribution < 1.29 is 23.5 Å². The van der Waals surface area contributed by atoms with E-state index in [1.807, 2.05) is 0 Å². The van der Waals surface area contributed by atoms with Crippen LogP contribution in [-0.2, 0) is 4.79 Å². The van der Waals surface area contributed by atoms with E-state index in [0.717, 1.165) is 0 Å². The largest absolute Gasteiger partial charge is 0.482 e. The van der Waals surface area contributed by atoms with Crippen molar-refractivity contribution in [3.05, 3.63) is 52.9 Å². The third-order valence-corrected chi connectivity index (χ3v) is 2.82. The Hall–Kier alpha value is -3.02. The first-order valence-corrected chi connectivity index (χ1v) is 6.10. The van der Waals surface area contributed by atoms with Gasteiger partial charge in [0.15, 0.2) is 23.6 Å². The van der Waals surface area contributed by atoms with Crippen molar-refractivity contribution in [2.24, 2.45) is 0 Å². The minimum atomic E-state index is -1.09. The lowest BCUT2D eigenvalue weighted by molar-refractivity contribution is -0.139. The Balaban J connectivity index is 2.03. The summed E-state index contributed by atoms with van der Waals surface area (Å²) in [5, 5.41) is 8.88. The fraction of sp³-hybridized carbons (Fsp3) is 0.0667. The molecule has 0 aliphatic rings. The van der Waals surface area contributed by atoms with Crippen molar-refractivity contribution in [1.82, 2.24) is 0 Å². The molecule has 3 rings (SSSR count). The molecule has 2 heterocycles. The van der Waals surface area contributed by atoms with Gasteiger partial charge in [0.25, 0.3) is 0 Å². The smallest absolute Gasteiger partial charge is 0.341 e. The molecule has 1 N–H and O–H groups in total. The van der Waals surface area contributed by atoms with Crippen LogP contribution in [0.3, 0.4) is 0 Å². The molecular weight excluding hydrogens is 276 g/mol. The molecule has 21 heavy (non-hydrogen) atoms. The highest BCUT2D eigenvalue weighted by atomic mass is 16.5. The quantitative estimate of drug-likeness (QED) is 0.792. The van der Waals surface area contributed by atoms with Gasteiger partial charge in [0.1, 0.15) is 11.3 Å². The van der Waals surface area contributed by atoms with Gasteiger partial charge in [-0.15, -0.1) is 0 Å². The highest BCUT2D eigenvalue weighted by Gasteiger charge is 2.10. The van der Waals surface area contributed by atoms with E-state index in [9.17, 15) is 9.59 Å². The van der Waals surface area contributed by atoms with Crippen LogP contribution in [0.15, 0.2) is 56.3 Å². The maximum absolute atomic E-state index is 12.1. The summed E-state index contributed by atoms with van der Waals surface area (Å²) in [5.41, 5.74) is 0.111. The zero-order valence-electron chi connectivity index (χ0n) is 10.7. The van der Waals surface area contributed by atoms with Crippen molar-refractivity contribution >= 4 is 16.9 Å². The lowest BCUT2D eigenvalue weighted by Crippen LogP contribution is -2.09. The second-order valence-electron chi connectivity index (χ2n) is 4.29. The second-order valence-corrected chi connectivity index (χ2v) is 4.29. The highest BCUT2D eigenvalue weighted by molar-refractivity contribution is 5.80. The van der Waals surface area contributed by atoms with Crippen LogP contribution in [0.5, 0.6) is 5.75 Å². The van der Waals surface area contributed by atoms with Crippen LogP contribution in [0.2, 0.25) is 0 Å². The molecule has 0 saturated carbocycles. The average Bonchev–Trinajstić information content (AvgIpc) is 2.99. The first kappa shape index (κ1) is 13.0. The Morgan fingerprint density at radius 2 is 2.05 bits per heavy atom. The monoisotopic (exact) mass is 286 g/mol. The van der Waals surface area contributed by atoms with Crippen molar-refractivity contribution in [3.63, 3.8) is 0 Å². The second kappa shape index (κ2) is 5.16. The number of carboxylic acids is 1. The van der Waals surface area contributed by atoms with E-state index in [1.165, 1.54) is 18.4 Å². The van der Waals surface area contributed by atoms with E-state index >= 15 is 0 Å². The predicted molar refractivity (Wildman–Crippen MR) is 73.3 cm³/mol. The van der Waals surface area contributed by atoms with E-state index in [4.69, 9.17) is 18.7 Å². The number of carboxylic acid groups (broad SMARTS) is 1. The molecule has 6 heteroatoms. The minimum Gasteiger partial charge on any atom is -0.482 e. The zero-order chi connectivity index (χ0) is 14.8. The van der Waals surface area contributed by atoms with E-state index in [-0.39, 0.29) is 5.43 Å². The van der Waals surface area contributed by atoms with Gasteiger partial charge >= 0.3 is 5.97 Å². The molecule has 2 aromatic heterocycles. The number of carbonyl (C=O) groups is 1. The maximum atomic E-state index is 12.1. The van der Waals surface area contributed by atoms with Crippen molar-refractivity contribution in [1.29, 1.82) is 0 Å². The molecule has 106 valence electrons. The van der Waals surface area contributed by atoms with E-state index in [2.05, 4.69) is 0 Å². The third-order valence-electron chi connectivity index (χ3n) is 2.82. The van der Waals surface area contributed by atoms with Gasteiger partial charge < -0.3 is 18.7 Å². The lowest BCUT2D eigenvalue weighted by Gasteiger charge is -2.05. The van der Waals surface area contributed by atoms with Crippen LogP contribution in [0.1, 0.15) is 0 Å². The summed E-state index contributed by atoms with van der Waals surface area (Å²) in [4.78, 5) is 22.6. The number of fused-ring (bicyclic) bond motifs is 1. The summed E-state index contributed by atoms with van der Waals surface area (Å²) in [6, 6.07) is 9.26. The predicted octanol–water partition coefficient (Wildman–Crippen LogP) is 2.52. The number of hydrogen-bond donors (Lipinski definition) is 1. The van der Waals surface area contributed by atoms with Gasteiger partial charge in [-0.3, -0.25) is 4.79 Å². The van der Waals surface area contributed by atoms with Crippen LogP contribution in [0.4, 0.5) is 0 Å². The Morgan fingerprint density at radius 3 is 2.76 bits per heavy atom. The summed E-state index contributed by atoms with van der Waals surface area (Å²) in [7, 11) is 0. The molecule has 0 aliphatic heterocycles. The molecule has 0 spiro atoms. The summed E-state index contributed by atoms with van der Waals surface area (Å²) >= 11 is 0. The molecule has 0 radical (unpaired) electrons. The van der Waals surface area contributed by atoms with Crippen LogP contribution < -0.4 is 10.2 Å². The molecule has 0 aliphatic carbocycles. The van der Waals surface area contributed by atoms with Gasteiger partial charge in [0.2, 0.25) is 0 Å². The van der Waals surface area contributed by atoms with Gasteiger partial charge in [-0.2, -0.15) is 0 Å². The Kier molecular flexibility index (Phi) is 3.19. The number of hydrogen-bond acceptors (Lipinski definition) is 5. The molecule has 0 bridgehead atoms. The lowest BCUT2D eigenvalue weighted by atomic mass is 10.2. The Labute approximate surface area is 118 Å². The topological polar surface area (TPSA) is 89.9 Å². The third kappa shape index (κ3) is 2.64. The van der Waals surface area contributed by atoms with Gasteiger partial charge in [-0.25, -0.2) is 4.79 Å². The molecule has 3 aromatic rings. The van der Waals surface area contributed by atoms with E-state index in [1.54, 1.807) is 24.3 Å². The SMILES string of the molecule is O=C(O)COc1ccc2oc(-c3ccco3)cc(=O)c2c1. The molecule has 0 unspecified atom stereocenters. The summed E-state index contributed by atoms with van der Waals surface area (Å²) in [6.07, 6.45) is 1.49. The van der Waals surface area contributed by atoms with Gasteiger partial charge in [-0.1, -0.05) is 0 Å².